The Labute approximate surface area is 120 Å². The van der Waals surface area contributed by atoms with Crippen LogP contribution < -0.4 is 0 Å². The standard InChI is InChI=1S/C14H28O6/c1-2-3-4-5-6-7-8-19-13-12(17)11(16)10(9-15)20-14(13)18/h10-18H,2-9H2,1H3/t10-,11+,12+,13-,14?/m1/s1. The molecule has 0 aliphatic carbocycles. The molecule has 0 amide bonds. The van der Waals surface area contributed by atoms with Crippen LogP contribution in [0.25, 0.3) is 0 Å². The summed E-state index contributed by atoms with van der Waals surface area (Å²) in [4.78, 5) is 0. The number of rotatable bonds is 9. The highest BCUT2D eigenvalue weighted by Gasteiger charge is 2.44. The summed E-state index contributed by atoms with van der Waals surface area (Å²) in [6.07, 6.45) is 0.920. The van der Waals surface area contributed by atoms with Crippen LogP contribution in [0.15, 0.2) is 0 Å². The second kappa shape index (κ2) is 9.65. The van der Waals surface area contributed by atoms with Gasteiger partial charge in [0.05, 0.1) is 6.61 Å². The summed E-state index contributed by atoms with van der Waals surface area (Å²) < 4.78 is 10.4. The van der Waals surface area contributed by atoms with Crippen molar-refractivity contribution in [2.45, 2.75) is 76.2 Å². The SMILES string of the molecule is CCCCCCCCO[C@H]1C(O)O[C@H](CO)[C@H](O)[C@@H]1O. The van der Waals surface area contributed by atoms with Crippen LogP contribution in [-0.2, 0) is 9.47 Å². The van der Waals surface area contributed by atoms with Crippen LogP contribution in [0, 0.1) is 0 Å². The van der Waals surface area contributed by atoms with E-state index in [-0.39, 0.29) is 0 Å². The van der Waals surface area contributed by atoms with Crippen LogP contribution in [-0.4, -0.2) is 64.3 Å². The zero-order chi connectivity index (χ0) is 15.0. The van der Waals surface area contributed by atoms with Gasteiger partial charge in [0.15, 0.2) is 6.29 Å². The van der Waals surface area contributed by atoms with Crippen molar-refractivity contribution in [1.82, 2.24) is 0 Å². The summed E-state index contributed by atoms with van der Waals surface area (Å²) in [5.41, 5.74) is 0. The molecule has 0 aromatic heterocycles. The highest BCUT2D eigenvalue weighted by Crippen LogP contribution is 2.22. The molecule has 20 heavy (non-hydrogen) atoms. The van der Waals surface area contributed by atoms with E-state index in [9.17, 15) is 15.3 Å². The highest BCUT2D eigenvalue weighted by atomic mass is 16.7. The summed E-state index contributed by atoms with van der Waals surface area (Å²) in [6.45, 7) is 2.12. The van der Waals surface area contributed by atoms with Gasteiger partial charge in [0.2, 0.25) is 0 Å². The van der Waals surface area contributed by atoms with Crippen molar-refractivity contribution in [2.75, 3.05) is 13.2 Å². The lowest BCUT2D eigenvalue weighted by Gasteiger charge is -2.39. The first kappa shape index (κ1) is 17.8. The predicted octanol–water partition coefficient (Wildman–Crippen LogP) is 0.163. The zero-order valence-corrected chi connectivity index (χ0v) is 12.1. The summed E-state index contributed by atoms with van der Waals surface area (Å²) in [5.74, 6) is 0. The smallest absolute Gasteiger partial charge is 0.184 e. The average molecular weight is 292 g/mol. The summed E-state index contributed by atoms with van der Waals surface area (Å²) in [5, 5.41) is 38.2. The minimum absolute atomic E-state index is 0.408. The van der Waals surface area contributed by atoms with Gasteiger partial charge in [-0.2, -0.15) is 0 Å². The average Bonchev–Trinajstić information content (AvgIpc) is 2.45. The van der Waals surface area contributed by atoms with Gasteiger partial charge in [0.1, 0.15) is 24.4 Å². The second-order valence-electron chi connectivity index (χ2n) is 5.33. The molecule has 0 aromatic carbocycles. The fraction of sp³-hybridized carbons (Fsp3) is 1.00. The van der Waals surface area contributed by atoms with Crippen molar-refractivity contribution in [1.29, 1.82) is 0 Å². The minimum atomic E-state index is -1.33. The Bertz CT molecular complexity index is 250. The topological polar surface area (TPSA) is 99.4 Å². The minimum Gasteiger partial charge on any atom is -0.394 e. The van der Waals surface area contributed by atoms with Crippen LogP contribution in [0.5, 0.6) is 0 Å². The Morgan fingerprint density at radius 2 is 1.60 bits per heavy atom. The van der Waals surface area contributed by atoms with E-state index in [0.29, 0.717) is 6.61 Å². The second-order valence-corrected chi connectivity index (χ2v) is 5.33. The van der Waals surface area contributed by atoms with E-state index in [2.05, 4.69) is 6.92 Å². The Morgan fingerprint density at radius 1 is 0.950 bits per heavy atom. The van der Waals surface area contributed by atoms with Gasteiger partial charge < -0.3 is 29.9 Å². The van der Waals surface area contributed by atoms with Gasteiger partial charge in [-0.15, -0.1) is 0 Å². The number of aliphatic hydroxyl groups excluding tert-OH is 4. The molecule has 5 atom stereocenters. The molecular formula is C14H28O6. The Kier molecular flexibility index (Phi) is 8.60. The Hall–Kier alpha value is -0.240. The maximum Gasteiger partial charge on any atom is 0.184 e. The number of hydrogen-bond acceptors (Lipinski definition) is 6. The molecule has 120 valence electrons. The molecule has 1 aliphatic rings. The molecule has 0 bridgehead atoms. The number of unbranched alkanes of at least 4 members (excludes halogenated alkanes) is 5. The van der Waals surface area contributed by atoms with Crippen LogP contribution in [0.4, 0.5) is 0 Å². The normalized spacial score (nSPS) is 34.4. The van der Waals surface area contributed by atoms with Crippen LogP contribution >= 0.6 is 0 Å². The van der Waals surface area contributed by atoms with E-state index in [1.807, 2.05) is 0 Å². The van der Waals surface area contributed by atoms with Gasteiger partial charge in [-0.3, -0.25) is 0 Å². The molecule has 0 radical (unpaired) electrons. The molecule has 1 heterocycles. The lowest BCUT2D eigenvalue weighted by Crippen LogP contribution is -2.59. The van der Waals surface area contributed by atoms with Crippen molar-refractivity contribution in [3.05, 3.63) is 0 Å². The first-order valence-electron chi connectivity index (χ1n) is 7.54. The lowest BCUT2D eigenvalue weighted by atomic mass is 9.99. The van der Waals surface area contributed by atoms with E-state index in [1.165, 1.54) is 19.3 Å². The molecule has 0 spiro atoms. The van der Waals surface area contributed by atoms with Gasteiger partial charge >= 0.3 is 0 Å². The fourth-order valence-corrected chi connectivity index (χ4v) is 2.35. The van der Waals surface area contributed by atoms with Gasteiger partial charge in [0, 0.05) is 6.61 Å². The molecule has 0 saturated carbocycles. The van der Waals surface area contributed by atoms with Crippen LogP contribution in [0.3, 0.4) is 0 Å². The molecule has 0 aromatic rings. The molecule has 1 aliphatic heterocycles. The molecule has 4 N–H and O–H groups in total. The molecule has 1 unspecified atom stereocenters. The first-order valence-corrected chi connectivity index (χ1v) is 7.54. The van der Waals surface area contributed by atoms with Crippen LogP contribution in [0.1, 0.15) is 45.4 Å². The first-order chi connectivity index (χ1) is 9.61. The summed E-state index contributed by atoms with van der Waals surface area (Å²) >= 11 is 0. The number of hydrogen-bond donors (Lipinski definition) is 4. The van der Waals surface area contributed by atoms with E-state index in [0.717, 1.165) is 19.3 Å². The maximum atomic E-state index is 9.86. The lowest BCUT2D eigenvalue weighted by molar-refractivity contribution is -0.296. The predicted molar refractivity (Wildman–Crippen MR) is 73.1 cm³/mol. The molecule has 1 fully saturated rings. The van der Waals surface area contributed by atoms with Gasteiger partial charge in [-0.1, -0.05) is 39.0 Å². The number of ether oxygens (including phenoxy) is 2. The van der Waals surface area contributed by atoms with Crippen LogP contribution in [0.2, 0.25) is 0 Å². The Balaban J connectivity index is 2.22. The monoisotopic (exact) mass is 292 g/mol. The van der Waals surface area contributed by atoms with E-state index < -0.39 is 37.3 Å². The Morgan fingerprint density at radius 3 is 2.25 bits per heavy atom. The van der Waals surface area contributed by atoms with E-state index in [4.69, 9.17) is 14.6 Å². The molecule has 1 saturated heterocycles. The molecule has 6 nitrogen and oxygen atoms in total. The van der Waals surface area contributed by atoms with Crippen molar-refractivity contribution < 1.29 is 29.9 Å². The molecule has 6 heteroatoms. The van der Waals surface area contributed by atoms with E-state index in [1.54, 1.807) is 0 Å². The maximum absolute atomic E-state index is 9.86. The van der Waals surface area contributed by atoms with Gasteiger partial charge in [-0.25, -0.2) is 0 Å². The molecule has 1 rings (SSSR count). The summed E-state index contributed by atoms with van der Waals surface area (Å²) in [6, 6.07) is 0. The van der Waals surface area contributed by atoms with Crippen molar-refractivity contribution >= 4 is 0 Å². The third-order valence-corrected chi connectivity index (χ3v) is 3.65. The van der Waals surface area contributed by atoms with Crippen molar-refractivity contribution in [3.63, 3.8) is 0 Å². The van der Waals surface area contributed by atoms with Gasteiger partial charge in [0.25, 0.3) is 0 Å². The summed E-state index contributed by atoms with van der Waals surface area (Å²) in [7, 11) is 0. The van der Waals surface area contributed by atoms with Gasteiger partial charge in [-0.05, 0) is 6.42 Å². The quantitative estimate of drug-likeness (QED) is 0.452. The van der Waals surface area contributed by atoms with E-state index >= 15 is 0 Å². The van der Waals surface area contributed by atoms with Crippen molar-refractivity contribution in [3.8, 4) is 0 Å². The molecular weight excluding hydrogens is 264 g/mol. The zero-order valence-electron chi connectivity index (χ0n) is 12.1. The fourth-order valence-electron chi connectivity index (χ4n) is 2.35. The largest absolute Gasteiger partial charge is 0.394 e. The highest BCUT2D eigenvalue weighted by molar-refractivity contribution is 4.89. The number of aliphatic hydroxyl groups is 4. The third kappa shape index (κ3) is 5.27. The van der Waals surface area contributed by atoms with Crippen molar-refractivity contribution in [2.24, 2.45) is 0 Å². The third-order valence-electron chi connectivity index (χ3n) is 3.65.